The van der Waals surface area contributed by atoms with E-state index in [-0.39, 0.29) is 17.5 Å². The summed E-state index contributed by atoms with van der Waals surface area (Å²) < 4.78 is 1.36. The highest BCUT2D eigenvalue weighted by Gasteiger charge is 2.22. The number of nitrogens with one attached hydrogen (secondary N) is 1. The fourth-order valence-corrected chi connectivity index (χ4v) is 3.10. The topological polar surface area (TPSA) is 64.0 Å². The summed E-state index contributed by atoms with van der Waals surface area (Å²) in [7, 11) is 1.66. The van der Waals surface area contributed by atoms with E-state index in [0.29, 0.717) is 6.42 Å². The van der Waals surface area contributed by atoms with Crippen LogP contribution in [0.3, 0.4) is 0 Å². The highest BCUT2D eigenvalue weighted by atomic mass is 32.1. The zero-order chi connectivity index (χ0) is 14.1. The van der Waals surface area contributed by atoms with Gasteiger partial charge in [0.15, 0.2) is 0 Å². The fraction of sp³-hybridized carbons (Fsp3) is 0.357. The van der Waals surface area contributed by atoms with Gasteiger partial charge in [-0.25, -0.2) is 4.68 Å². The van der Waals surface area contributed by atoms with Gasteiger partial charge in [-0.2, -0.15) is 5.10 Å². The van der Waals surface area contributed by atoms with Crippen LogP contribution in [-0.2, 0) is 19.9 Å². The lowest BCUT2D eigenvalue weighted by atomic mass is 9.92. The van der Waals surface area contributed by atoms with Gasteiger partial charge in [0.1, 0.15) is 0 Å². The fourth-order valence-electron chi connectivity index (χ4n) is 2.47. The second-order valence-corrected chi connectivity index (χ2v) is 5.92. The molecule has 1 aliphatic rings. The predicted octanol–water partition coefficient (Wildman–Crippen LogP) is 1.13. The first-order chi connectivity index (χ1) is 9.63. The lowest BCUT2D eigenvalue weighted by Gasteiger charge is -2.24. The van der Waals surface area contributed by atoms with Crippen molar-refractivity contribution in [2.24, 2.45) is 7.05 Å². The molecular formula is C14H15N3O2S. The number of nitrogens with zero attached hydrogens (tertiary/aromatic N) is 2. The first-order valence-corrected chi connectivity index (χ1v) is 7.42. The maximum absolute atomic E-state index is 12.0. The highest BCUT2D eigenvalue weighted by molar-refractivity contribution is 7.12. The molecular weight excluding hydrogens is 274 g/mol. The molecule has 1 amide bonds. The average Bonchev–Trinajstić information content (AvgIpc) is 2.94. The zero-order valence-corrected chi connectivity index (χ0v) is 11.9. The van der Waals surface area contributed by atoms with Crippen molar-refractivity contribution in [3.05, 3.63) is 50.1 Å². The van der Waals surface area contributed by atoms with Gasteiger partial charge in [-0.15, -0.1) is 11.3 Å². The van der Waals surface area contributed by atoms with Gasteiger partial charge in [0.05, 0.1) is 10.6 Å². The number of fused-ring (bicyclic) bond motifs is 1. The van der Waals surface area contributed by atoms with Crippen molar-refractivity contribution in [2.45, 2.75) is 25.3 Å². The van der Waals surface area contributed by atoms with Crippen LogP contribution >= 0.6 is 11.3 Å². The van der Waals surface area contributed by atoms with Crippen LogP contribution in [0.2, 0.25) is 0 Å². The Morgan fingerprint density at radius 2 is 2.40 bits per heavy atom. The molecule has 0 spiro atoms. The summed E-state index contributed by atoms with van der Waals surface area (Å²) >= 11 is 1.43. The molecule has 0 fully saturated rings. The first kappa shape index (κ1) is 13.1. The predicted molar refractivity (Wildman–Crippen MR) is 77.1 cm³/mol. The molecule has 0 saturated carbocycles. The molecule has 0 unspecified atom stereocenters. The van der Waals surface area contributed by atoms with Crippen LogP contribution in [0.1, 0.15) is 27.3 Å². The van der Waals surface area contributed by atoms with E-state index in [4.69, 9.17) is 0 Å². The lowest BCUT2D eigenvalue weighted by Crippen LogP contribution is -2.39. The molecule has 104 valence electrons. The minimum Gasteiger partial charge on any atom is -0.348 e. The van der Waals surface area contributed by atoms with Crippen LogP contribution in [-0.4, -0.2) is 21.7 Å². The van der Waals surface area contributed by atoms with E-state index in [0.717, 1.165) is 29.0 Å². The van der Waals surface area contributed by atoms with Gasteiger partial charge in [0, 0.05) is 19.2 Å². The van der Waals surface area contributed by atoms with E-state index in [2.05, 4.69) is 10.4 Å². The molecule has 6 heteroatoms. The minimum atomic E-state index is -0.103. The molecule has 1 aliphatic carbocycles. The minimum absolute atomic E-state index is 0.0368. The molecule has 3 rings (SSSR count). The number of aryl methyl sites for hydroxylation is 2. The van der Waals surface area contributed by atoms with E-state index in [1.165, 1.54) is 16.0 Å². The van der Waals surface area contributed by atoms with E-state index >= 15 is 0 Å². The summed E-state index contributed by atoms with van der Waals surface area (Å²) in [6.07, 6.45) is 2.32. The van der Waals surface area contributed by atoms with Gasteiger partial charge in [-0.3, -0.25) is 9.59 Å². The van der Waals surface area contributed by atoms with Crippen LogP contribution in [0.25, 0.3) is 0 Å². The number of carbonyl (C=O) groups is 1. The van der Waals surface area contributed by atoms with E-state index in [9.17, 15) is 9.59 Å². The molecule has 0 aromatic carbocycles. The molecule has 2 heterocycles. The Bertz CT molecular complexity index is 691. The summed E-state index contributed by atoms with van der Waals surface area (Å²) in [6, 6.07) is 5.38. The Hall–Kier alpha value is -1.95. The Balaban J connectivity index is 1.74. The summed E-state index contributed by atoms with van der Waals surface area (Å²) in [5.74, 6) is -0.0368. The third kappa shape index (κ3) is 2.51. The van der Waals surface area contributed by atoms with Crippen LogP contribution in [0.15, 0.2) is 28.4 Å². The average molecular weight is 289 g/mol. The smallest absolute Gasteiger partial charge is 0.266 e. The maximum atomic E-state index is 12.0. The van der Waals surface area contributed by atoms with E-state index < -0.39 is 0 Å². The summed E-state index contributed by atoms with van der Waals surface area (Å²) in [5, 5.41) is 9.19. The van der Waals surface area contributed by atoms with Crippen molar-refractivity contribution in [1.82, 2.24) is 15.1 Å². The number of thiophene rings is 1. The third-order valence-electron chi connectivity index (χ3n) is 3.53. The van der Waals surface area contributed by atoms with Crippen LogP contribution in [0, 0.1) is 0 Å². The standard InChI is InChI=1S/C14H15N3O2S/c1-17-13(18)8-9-7-10(4-5-11(9)16-17)15-14(19)12-3-2-6-20-12/h2-3,6,8,10H,4-5,7H2,1H3,(H,15,19)/t10-/m1/s1. The number of carbonyl (C=O) groups excluding carboxylic acids is 1. The molecule has 2 aromatic heterocycles. The second kappa shape index (κ2) is 5.20. The Kier molecular flexibility index (Phi) is 3.40. The Labute approximate surface area is 120 Å². The second-order valence-electron chi connectivity index (χ2n) is 4.97. The van der Waals surface area contributed by atoms with Crippen molar-refractivity contribution in [2.75, 3.05) is 0 Å². The molecule has 5 nitrogen and oxygen atoms in total. The number of amides is 1. The van der Waals surface area contributed by atoms with Gasteiger partial charge >= 0.3 is 0 Å². The molecule has 0 bridgehead atoms. The summed E-state index contributed by atoms with van der Waals surface area (Å²) in [5.41, 5.74) is 1.82. The van der Waals surface area contributed by atoms with Gasteiger partial charge in [0.2, 0.25) is 0 Å². The molecule has 0 aliphatic heterocycles. The molecule has 2 aromatic rings. The van der Waals surface area contributed by atoms with Crippen molar-refractivity contribution in [3.8, 4) is 0 Å². The number of aromatic nitrogens is 2. The Morgan fingerprint density at radius 3 is 3.15 bits per heavy atom. The van der Waals surface area contributed by atoms with E-state index in [1.807, 2.05) is 17.5 Å². The van der Waals surface area contributed by atoms with Crippen molar-refractivity contribution < 1.29 is 4.79 Å². The molecule has 0 saturated heterocycles. The van der Waals surface area contributed by atoms with Crippen molar-refractivity contribution in [1.29, 1.82) is 0 Å². The SMILES string of the molecule is Cn1nc2c(cc1=O)C[C@H](NC(=O)c1cccs1)CC2. The van der Waals surface area contributed by atoms with Gasteiger partial charge in [0.25, 0.3) is 11.5 Å². The molecule has 1 atom stereocenters. The number of hydrogen-bond acceptors (Lipinski definition) is 4. The molecule has 20 heavy (non-hydrogen) atoms. The van der Waals surface area contributed by atoms with Gasteiger partial charge in [-0.1, -0.05) is 6.07 Å². The van der Waals surface area contributed by atoms with Crippen molar-refractivity contribution >= 4 is 17.2 Å². The van der Waals surface area contributed by atoms with Crippen LogP contribution in [0.5, 0.6) is 0 Å². The normalized spacial score (nSPS) is 17.6. The van der Waals surface area contributed by atoms with E-state index in [1.54, 1.807) is 13.1 Å². The zero-order valence-electron chi connectivity index (χ0n) is 11.1. The summed E-state index contributed by atoms with van der Waals surface area (Å²) in [4.78, 5) is 24.4. The number of rotatable bonds is 2. The van der Waals surface area contributed by atoms with Gasteiger partial charge in [-0.05, 0) is 36.3 Å². The van der Waals surface area contributed by atoms with Crippen molar-refractivity contribution in [3.63, 3.8) is 0 Å². The third-order valence-corrected chi connectivity index (χ3v) is 4.40. The quantitative estimate of drug-likeness (QED) is 0.901. The number of hydrogen-bond donors (Lipinski definition) is 1. The first-order valence-electron chi connectivity index (χ1n) is 6.54. The monoisotopic (exact) mass is 289 g/mol. The van der Waals surface area contributed by atoms with Crippen LogP contribution in [0.4, 0.5) is 0 Å². The highest BCUT2D eigenvalue weighted by Crippen LogP contribution is 2.18. The van der Waals surface area contributed by atoms with Crippen LogP contribution < -0.4 is 10.9 Å². The summed E-state index contributed by atoms with van der Waals surface area (Å²) in [6.45, 7) is 0. The van der Waals surface area contributed by atoms with Gasteiger partial charge < -0.3 is 5.32 Å². The largest absolute Gasteiger partial charge is 0.348 e. The maximum Gasteiger partial charge on any atom is 0.266 e. The lowest BCUT2D eigenvalue weighted by molar-refractivity contribution is 0.0937. The molecule has 1 N–H and O–H groups in total. The Morgan fingerprint density at radius 1 is 1.55 bits per heavy atom. The molecule has 0 radical (unpaired) electrons.